The second-order valence-corrected chi connectivity index (χ2v) is 7.97. The first-order valence-corrected chi connectivity index (χ1v) is 11.0. The van der Waals surface area contributed by atoms with Crippen LogP contribution in [0.3, 0.4) is 0 Å². The molecule has 0 saturated heterocycles. The Bertz CT molecular complexity index is 1060. The molecule has 2 aromatic heterocycles. The van der Waals surface area contributed by atoms with Crippen molar-refractivity contribution in [3.05, 3.63) is 60.4 Å². The van der Waals surface area contributed by atoms with Crippen molar-refractivity contribution in [3.63, 3.8) is 0 Å². The summed E-state index contributed by atoms with van der Waals surface area (Å²) in [6, 6.07) is 12.4. The number of likely N-dealkylation sites (N-methyl/N-ethyl adjacent to an activating group) is 1. The van der Waals surface area contributed by atoms with Crippen molar-refractivity contribution in [2.75, 3.05) is 32.5 Å². The van der Waals surface area contributed by atoms with E-state index in [-0.39, 0.29) is 25.5 Å². The van der Waals surface area contributed by atoms with Gasteiger partial charge < -0.3 is 35.7 Å². The van der Waals surface area contributed by atoms with Gasteiger partial charge in [-0.2, -0.15) is 0 Å². The number of hydrogen-bond acceptors (Lipinski definition) is 8. The van der Waals surface area contributed by atoms with Gasteiger partial charge in [0, 0.05) is 49.7 Å². The summed E-state index contributed by atoms with van der Waals surface area (Å²) in [5, 5.41) is 31.7. The third-order valence-electron chi connectivity index (χ3n) is 5.17. The van der Waals surface area contributed by atoms with E-state index in [1.807, 2.05) is 0 Å². The summed E-state index contributed by atoms with van der Waals surface area (Å²) < 4.78 is 5.85. The number of pyridine rings is 1. The Morgan fingerprint density at radius 3 is 2.71 bits per heavy atom. The number of ether oxygens (including phenoxy) is 1. The van der Waals surface area contributed by atoms with Gasteiger partial charge in [0.2, 0.25) is 5.91 Å². The molecule has 0 fully saturated rings. The van der Waals surface area contributed by atoms with Crippen LogP contribution in [0.15, 0.2) is 54.9 Å². The molecule has 182 valence electrons. The summed E-state index contributed by atoms with van der Waals surface area (Å²) in [4.78, 5) is 20.9. The molecule has 7 N–H and O–H groups in total. The van der Waals surface area contributed by atoms with Crippen molar-refractivity contribution in [1.82, 2.24) is 20.2 Å². The number of nitrogens with zero attached hydrogens (tertiary/aromatic N) is 2. The minimum Gasteiger partial charge on any atom is -0.457 e. The van der Waals surface area contributed by atoms with Gasteiger partial charge in [-0.3, -0.25) is 15.1 Å². The molecule has 0 aliphatic carbocycles. The van der Waals surface area contributed by atoms with Crippen molar-refractivity contribution in [2.24, 2.45) is 0 Å². The minimum atomic E-state index is -0.948. The average molecular weight is 470 g/mol. The maximum absolute atomic E-state index is 12.0. The van der Waals surface area contributed by atoms with E-state index in [0.717, 1.165) is 5.69 Å². The second-order valence-electron chi connectivity index (χ2n) is 7.97. The summed E-state index contributed by atoms with van der Waals surface area (Å²) >= 11 is 0. The lowest BCUT2D eigenvalue weighted by molar-refractivity contribution is -0.131. The topological polar surface area (TPSA) is 157 Å². The van der Waals surface area contributed by atoms with Gasteiger partial charge in [-0.1, -0.05) is 0 Å². The highest BCUT2D eigenvalue weighted by Crippen LogP contribution is 2.27. The highest BCUT2D eigenvalue weighted by Gasteiger charge is 2.14. The zero-order valence-corrected chi connectivity index (χ0v) is 19.0. The van der Waals surface area contributed by atoms with Gasteiger partial charge in [-0.05, 0) is 49.4 Å². The number of rotatable bonds is 12. The fourth-order valence-corrected chi connectivity index (χ4v) is 3.27. The van der Waals surface area contributed by atoms with E-state index >= 15 is 0 Å². The summed E-state index contributed by atoms with van der Waals surface area (Å²) in [5.41, 5.74) is 8.37. The van der Waals surface area contributed by atoms with Crippen LogP contribution in [0.25, 0.3) is 11.4 Å². The molecule has 3 aromatic rings. The van der Waals surface area contributed by atoms with E-state index in [9.17, 15) is 15.0 Å². The SMILES string of the molecule is CN(CC(O)CO)C(=O)CCCNC(O)c1c[nH]c(-c2cc(Oc3ccc(N)cc3)ccn2)c1. The van der Waals surface area contributed by atoms with Crippen molar-refractivity contribution in [2.45, 2.75) is 25.2 Å². The zero-order valence-electron chi connectivity index (χ0n) is 19.0. The lowest BCUT2D eigenvalue weighted by Crippen LogP contribution is -2.36. The number of aliphatic hydroxyl groups excluding tert-OH is 3. The number of hydrogen-bond donors (Lipinski definition) is 6. The predicted molar refractivity (Wildman–Crippen MR) is 128 cm³/mol. The number of anilines is 1. The number of aromatic nitrogens is 2. The molecule has 0 bridgehead atoms. The van der Waals surface area contributed by atoms with Crippen LogP contribution in [0.5, 0.6) is 11.5 Å². The Morgan fingerprint density at radius 2 is 1.97 bits per heavy atom. The molecule has 0 spiro atoms. The van der Waals surface area contributed by atoms with Crippen molar-refractivity contribution < 1.29 is 24.9 Å². The molecule has 0 radical (unpaired) electrons. The molecule has 0 aliphatic heterocycles. The van der Waals surface area contributed by atoms with Crippen molar-refractivity contribution in [1.29, 1.82) is 0 Å². The molecule has 34 heavy (non-hydrogen) atoms. The van der Waals surface area contributed by atoms with Gasteiger partial charge >= 0.3 is 0 Å². The third kappa shape index (κ3) is 7.29. The smallest absolute Gasteiger partial charge is 0.222 e. The Morgan fingerprint density at radius 1 is 1.21 bits per heavy atom. The normalized spacial score (nSPS) is 12.8. The lowest BCUT2D eigenvalue weighted by Gasteiger charge is -2.20. The predicted octanol–water partition coefficient (Wildman–Crippen LogP) is 1.62. The van der Waals surface area contributed by atoms with Crippen LogP contribution in [0.2, 0.25) is 0 Å². The largest absolute Gasteiger partial charge is 0.457 e. The Balaban J connectivity index is 1.50. The average Bonchev–Trinajstić information content (AvgIpc) is 3.33. The first-order chi connectivity index (χ1) is 16.4. The third-order valence-corrected chi connectivity index (χ3v) is 5.17. The fourth-order valence-electron chi connectivity index (χ4n) is 3.27. The van der Waals surface area contributed by atoms with Gasteiger partial charge in [-0.15, -0.1) is 0 Å². The lowest BCUT2D eigenvalue weighted by atomic mass is 10.2. The second kappa shape index (κ2) is 12.1. The Labute approximate surface area is 198 Å². The van der Waals surface area contributed by atoms with Crippen molar-refractivity contribution >= 4 is 11.6 Å². The van der Waals surface area contributed by atoms with Gasteiger partial charge in [0.1, 0.15) is 17.7 Å². The highest BCUT2D eigenvalue weighted by molar-refractivity contribution is 5.75. The molecule has 1 aromatic carbocycles. The van der Waals surface area contributed by atoms with E-state index < -0.39 is 12.3 Å². The Hall–Kier alpha value is -3.44. The Kier molecular flexibility index (Phi) is 9.00. The van der Waals surface area contributed by atoms with E-state index in [1.165, 1.54) is 4.90 Å². The number of nitrogen functional groups attached to an aromatic ring is 1. The van der Waals surface area contributed by atoms with Crippen LogP contribution in [0, 0.1) is 0 Å². The molecular weight excluding hydrogens is 438 g/mol. The monoisotopic (exact) mass is 469 g/mol. The zero-order chi connectivity index (χ0) is 24.5. The van der Waals surface area contributed by atoms with Crippen LogP contribution >= 0.6 is 0 Å². The quantitative estimate of drug-likeness (QED) is 0.133. The molecule has 0 aliphatic rings. The molecular formula is C24H31N5O5. The fraction of sp³-hybridized carbons (Fsp3) is 0.333. The molecule has 10 nitrogen and oxygen atoms in total. The van der Waals surface area contributed by atoms with E-state index in [4.69, 9.17) is 15.6 Å². The van der Waals surface area contributed by atoms with Crippen LogP contribution < -0.4 is 15.8 Å². The van der Waals surface area contributed by atoms with Gasteiger partial charge in [0.15, 0.2) is 0 Å². The highest BCUT2D eigenvalue weighted by atomic mass is 16.5. The van der Waals surface area contributed by atoms with E-state index in [0.29, 0.717) is 41.4 Å². The molecule has 10 heteroatoms. The molecule has 3 rings (SSSR count). The van der Waals surface area contributed by atoms with Crippen molar-refractivity contribution in [3.8, 4) is 22.9 Å². The number of aliphatic hydroxyl groups is 3. The number of nitrogens with two attached hydrogens (primary N) is 1. The van der Waals surface area contributed by atoms with Crippen LogP contribution in [-0.2, 0) is 4.79 Å². The summed E-state index contributed by atoms with van der Waals surface area (Å²) in [6.07, 6.45) is 2.25. The molecule has 2 heterocycles. The van der Waals surface area contributed by atoms with E-state index in [1.54, 1.807) is 61.9 Å². The molecule has 1 amide bonds. The van der Waals surface area contributed by atoms with Gasteiger partial charge in [0.25, 0.3) is 0 Å². The first kappa shape index (κ1) is 25.2. The number of aromatic amines is 1. The minimum absolute atomic E-state index is 0.0811. The summed E-state index contributed by atoms with van der Waals surface area (Å²) in [5.74, 6) is 1.14. The van der Waals surface area contributed by atoms with Gasteiger partial charge in [0.05, 0.1) is 24.1 Å². The number of nitrogens with one attached hydrogen (secondary N) is 2. The number of H-pyrrole nitrogens is 1. The molecule has 0 saturated carbocycles. The maximum atomic E-state index is 12.0. The summed E-state index contributed by atoms with van der Waals surface area (Å²) in [7, 11) is 1.58. The van der Waals surface area contributed by atoms with Crippen LogP contribution in [0.4, 0.5) is 5.69 Å². The number of carbonyl (C=O) groups is 1. The molecule has 2 atom stereocenters. The molecule has 2 unspecified atom stereocenters. The number of benzene rings is 1. The maximum Gasteiger partial charge on any atom is 0.222 e. The van der Waals surface area contributed by atoms with E-state index in [2.05, 4.69) is 15.3 Å². The summed E-state index contributed by atoms with van der Waals surface area (Å²) in [6.45, 7) is 0.115. The van der Waals surface area contributed by atoms with Crippen LogP contribution in [0.1, 0.15) is 24.6 Å². The number of amides is 1. The van der Waals surface area contributed by atoms with Crippen LogP contribution in [-0.4, -0.2) is 68.9 Å². The standard InChI is InChI=1S/C24H31N5O5/c1-29(14-18(31)15-30)23(32)3-2-9-27-24(33)16-11-21(28-13-16)22-12-20(8-10-26-22)34-19-6-4-17(25)5-7-19/h4-8,10-13,18,24,27-28,30-31,33H,2-3,9,14-15,25H2,1H3. The first-order valence-electron chi connectivity index (χ1n) is 11.0. The van der Waals surface area contributed by atoms with Gasteiger partial charge in [-0.25, -0.2) is 0 Å². The number of carbonyl (C=O) groups excluding carboxylic acids is 1.